The Morgan fingerprint density at radius 3 is 2.79 bits per heavy atom. The predicted molar refractivity (Wildman–Crippen MR) is 74.6 cm³/mol. The first kappa shape index (κ1) is 12.2. The summed E-state index contributed by atoms with van der Waals surface area (Å²) in [5, 5.41) is 1.96. The molecule has 0 atom stereocenters. The van der Waals surface area contributed by atoms with Gasteiger partial charge in [-0.1, -0.05) is 6.92 Å². The molecule has 0 saturated heterocycles. The number of aryl methyl sites for hydroxylation is 1. The zero-order valence-electron chi connectivity index (χ0n) is 10.6. The Morgan fingerprint density at radius 2 is 2.00 bits per heavy atom. The first-order valence-corrected chi connectivity index (χ1v) is 7.18. The minimum Gasteiger partial charge on any atom is -0.486 e. The maximum absolute atomic E-state index is 12.5. The van der Waals surface area contributed by atoms with Gasteiger partial charge in [0, 0.05) is 5.56 Å². The van der Waals surface area contributed by atoms with Crippen molar-refractivity contribution in [1.82, 2.24) is 0 Å². The minimum atomic E-state index is 0.0591. The predicted octanol–water partition coefficient (Wildman–Crippen LogP) is 3.31. The van der Waals surface area contributed by atoms with E-state index in [1.54, 1.807) is 18.2 Å². The molecule has 0 saturated carbocycles. The summed E-state index contributed by atoms with van der Waals surface area (Å²) in [6, 6.07) is 7.39. The summed E-state index contributed by atoms with van der Waals surface area (Å²) in [4.78, 5) is 13.3. The van der Waals surface area contributed by atoms with Gasteiger partial charge in [0.25, 0.3) is 0 Å². The van der Waals surface area contributed by atoms with E-state index in [9.17, 15) is 4.79 Å². The molecule has 0 bridgehead atoms. The van der Waals surface area contributed by atoms with Crippen molar-refractivity contribution in [3.63, 3.8) is 0 Å². The third-order valence-electron chi connectivity index (χ3n) is 3.14. The molecule has 4 heteroatoms. The summed E-state index contributed by atoms with van der Waals surface area (Å²) in [5.41, 5.74) is 1.76. The minimum absolute atomic E-state index is 0.0591. The van der Waals surface area contributed by atoms with E-state index in [1.165, 1.54) is 11.3 Å². The molecular weight excluding hydrogens is 260 g/mol. The molecule has 0 fully saturated rings. The highest BCUT2D eigenvalue weighted by Crippen LogP contribution is 2.32. The molecule has 0 aliphatic carbocycles. The summed E-state index contributed by atoms with van der Waals surface area (Å²) in [6.07, 6.45) is 0.870. The number of ether oxygens (including phenoxy) is 2. The van der Waals surface area contributed by atoms with Crippen LogP contribution in [0, 0.1) is 0 Å². The van der Waals surface area contributed by atoms with E-state index >= 15 is 0 Å². The van der Waals surface area contributed by atoms with Crippen molar-refractivity contribution in [1.29, 1.82) is 0 Å². The quantitative estimate of drug-likeness (QED) is 0.805. The Hall–Kier alpha value is -1.81. The molecule has 0 spiro atoms. The summed E-state index contributed by atoms with van der Waals surface area (Å²) in [7, 11) is 0. The first-order chi connectivity index (χ1) is 9.29. The Kier molecular flexibility index (Phi) is 3.25. The van der Waals surface area contributed by atoms with Crippen LogP contribution in [0.15, 0.2) is 29.6 Å². The monoisotopic (exact) mass is 274 g/mol. The van der Waals surface area contributed by atoms with E-state index < -0.39 is 0 Å². The second-order valence-electron chi connectivity index (χ2n) is 4.32. The first-order valence-electron chi connectivity index (χ1n) is 6.30. The number of carbonyl (C=O) groups is 1. The third kappa shape index (κ3) is 2.24. The zero-order chi connectivity index (χ0) is 13.2. The lowest BCUT2D eigenvalue weighted by atomic mass is 10.1. The fourth-order valence-electron chi connectivity index (χ4n) is 2.13. The lowest BCUT2D eigenvalue weighted by Crippen LogP contribution is -2.15. The number of fused-ring (bicyclic) bond motifs is 1. The molecule has 98 valence electrons. The smallest absolute Gasteiger partial charge is 0.203 e. The Balaban J connectivity index is 1.96. The van der Waals surface area contributed by atoms with Crippen LogP contribution in [0.2, 0.25) is 0 Å². The molecule has 1 aromatic carbocycles. The van der Waals surface area contributed by atoms with E-state index in [0.717, 1.165) is 16.9 Å². The van der Waals surface area contributed by atoms with Crippen molar-refractivity contribution in [2.45, 2.75) is 13.3 Å². The lowest BCUT2D eigenvalue weighted by Gasteiger charge is -2.18. The molecule has 0 N–H and O–H groups in total. The summed E-state index contributed by atoms with van der Waals surface area (Å²) >= 11 is 1.49. The number of rotatable bonds is 3. The van der Waals surface area contributed by atoms with Gasteiger partial charge in [-0.25, -0.2) is 0 Å². The molecular formula is C15H14O3S. The molecule has 1 aliphatic rings. The van der Waals surface area contributed by atoms with Crippen LogP contribution in [0.4, 0.5) is 0 Å². The molecule has 1 aromatic heterocycles. The van der Waals surface area contributed by atoms with Gasteiger partial charge in [-0.2, -0.15) is 0 Å². The van der Waals surface area contributed by atoms with Crippen LogP contribution in [0.25, 0.3) is 0 Å². The van der Waals surface area contributed by atoms with Crippen molar-refractivity contribution < 1.29 is 14.3 Å². The maximum atomic E-state index is 12.5. The zero-order valence-corrected chi connectivity index (χ0v) is 11.5. The van der Waals surface area contributed by atoms with Crippen LogP contribution in [-0.2, 0) is 6.42 Å². The molecule has 3 nitrogen and oxygen atoms in total. The molecule has 0 radical (unpaired) electrons. The van der Waals surface area contributed by atoms with Crippen LogP contribution < -0.4 is 9.47 Å². The van der Waals surface area contributed by atoms with Gasteiger partial charge in [-0.3, -0.25) is 4.79 Å². The van der Waals surface area contributed by atoms with E-state index in [-0.39, 0.29) is 5.78 Å². The molecule has 2 heterocycles. The van der Waals surface area contributed by atoms with Gasteiger partial charge in [0.1, 0.15) is 13.2 Å². The van der Waals surface area contributed by atoms with Gasteiger partial charge in [0.05, 0.1) is 4.88 Å². The highest BCUT2D eigenvalue weighted by molar-refractivity contribution is 7.12. The van der Waals surface area contributed by atoms with Crippen LogP contribution in [-0.4, -0.2) is 19.0 Å². The van der Waals surface area contributed by atoms with E-state index in [0.29, 0.717) is 30.3 Å². The maximum Gasteiger partial charge on any atom is 0.203 e. The second-order valence-corrected chi connectivity index (χ2v) is 5.23. The summed E-state index contributed by atoms with van der Waals surface area (Å²) in [5.74, 6) is 1.43. The SMILES string of the molecule is CCc1ccsc1C(=O)c1ccc2c(c1)OCCO2. The van der Waals surface area contributed by atoms with Crippen molar-refractivity contribution in [2.24, 2.45) is 0 Å². The second kappa shape index (κ2) is 5.05. The Morgan fingerprint density at radius 1 is 1.21 bits per heavy atom. The van der Waals surface area contributed by atoms with E-state index in [4.69, 9.17) is 9.47 Å². The van der Waals surface area contributed by atoms with Gasteiger partial charge in [-0.05, 0) is 41.6 Å². The Bertz CT molecular complexity index is 616. The fourth-order valence-corrected chi connectivity index (χ4v) is 3.09. The van der Waals surface area contributed by atoms with Crippen molar-refractivity contribution >= 4 is 17.1 Å². The number of hydrogen-bond donors (Lipinski definition) is 0. The van der Waals surface area contributed by atoms with Crippen LogP contribution in [0.1, 0.15) is 27.7 Å². The fraction of sp³-hybridized carbons (Fsp3) is 0.267. The molecule has 0 unspecified atom stereocenters. The molecule has 2 aromatic rings. The van der Waals surface area contributed by atoms with Crippen molar-refractivity contribution in [2.75, 3.05) is 13.2 Å². The molecule has 0 amide bonds. The van der Waals surface area contributed by atoms with Crippen LogP contribution in [0.5, 0.6) is 11.5 Å². The average molecular weight is 274 g/mol. The number of ketones is 1. The average Bonchev–Trinajstić information content (AvgIpc) is 2.94. The Labute approximate surface area is 115 Å². The largest absolute Gasteiger partial charge is 0.486 e. The van der Waals surface area contributed by atoms with Gasteiger partial charge in [0.2, 0.25) is 5.78 Å². The number of thiophene rings is 1. The van der Waals surface area contributed by atoms with Crippen LogP contribution in [0.3, 0.4) is 0 Å². The van der Waals surface area contributed by atoms with Gasteiger partial charge >= 0.3 is 0 Å². The summed E-state index contributed by atoms with van der Waals surface area (Å²) in [6.45, 7) is 3.15. The summed E-state index contributed by atoms with van der Waals surface area (Å²) < 4.78 is 11.0. The number of benzene rings is 1. The van der Waals surface area contributed by atoms with Gasteiger partial charge in [0.15, 0.2) is 11.5 Å². The van der Waals surface area contributed by atoms with Crippen molar-refractivity contribution in [3.8, 4) is 11.5 Å². The molecule has 3 rings (SSSR count). The molecule has 19 heavy (non-hydrogen) atoms. The van der Waals surface area contributed by atoms with Gasteiger partial charge in [-0.15, -0.1) is 11.3 Å². The number of carbonyl (C=O) groups excluding carboxylic acids is 1. The van der Waals surface area contributed by atoms with Gasteiger partial charge < -0.3 is 9.47 Å². The lowest BCUT2D eigenvalue weighted by molar-refractivity contribution is 0.104. The van der Waals surface area contributed by atoms with E-state index in [2.05, 4.69) is 6.92 Å². The standard InChI is InChI=1S/C15H14O3S/c1-2-10-5-8-19-15(10)14(16)11-3-4-12-13(9-11)18-7-6-17-12/h3-5,8-9H,2,6-7H2,1H3. The highest BCUT2D eigenvalue weighted by Gasteiger charge is 2.18. The van der Waals surface area contributed by atoms with E-state index in [1.807, 2.05) is 11.4 Å². The third-order valence-corrected chi connectivity index (χ3v) is 4.09. The van der Waals surface area contributed by atoms with Crippen molar-refractivity contribution in [3.05, 3.63) is 45.6 Å². The topological polar surface area (TPSA) is 35.5 Å². The number of hydrogen-bond acceptors (Lipinski definition) is 4. The molecule has 1 aliphatic heterocycles. The highest BCUT2D eigenvalue weighted by atomic mass is 32.1. The normalized spacial score (nSPS) is 13.3. The van der Waals surface area contributed by atoms with Crippen LogP contribution >= 0.6 is 11.3 Å².